The first-order valence-corrected chi connectivity index (χ1v) is 5.56. The van der Waals surface area contributed by atoms with Gasteiger partial charge in [0.2, 0.25) is 0 Å². The van der Waals surface area contributed by atoms with Crippen molar-refractivity contribution in [2.75, 3.05) is 20.3 Å². The fraction of sp³-hybridized carbons (Fsp3) is 0.500. The van der Waals surface area contributed by atoms with E-state index < -0.39 is 0 Å². The van der Waals surface area contributed by atoms with Crippen LogP contribution in [-0.2, 0) is 4.74 Å². The summed E-state index contributed by atoms with van der Waals surface area (Å²) >= 11 is 6.18. The van der Waals surface area contributed by atoms with Crippen molar-refractivity contribution in [2.45, 2.75) is 19.4 Å². The lowest BCUT2D eigenvalue weighted by Gasteiger charge is -2.21. The number of benzene rings is 1. The van der Waals surface area contributed by atoms with Crippen LogP contribution >= 0.6 is 11.8 Å². The fourth-order valence-electron chi connectivity index (χ4n) is 1.45. The maximum Gasteiger partial charge on any atom is 0.0474 e. The molecule has 0 radical (unpaired) electrons. The largest absolute Gasteiger partial charge is 0.385 e. The van der Waals surface area contributed by atoms with E-state index >= 15 is 0 Å². The molecule has 0 saturated carbocycles. The quantitative estimate of drug-likeness (QED) is 0.547. The molecule has 0 bridgehead atoms. The molecule has 1 rings (SSSR count). The molecule has 0 heterocycles. The van der Waals surface area contributed by atoms with Crippen LogP contribution in [0.5, 0.6) is 0 Å². The van der Waals surface area contributed by atoms with Gasteiger partial charge in [-0.15, -0.1) is 0 Å². The molecule has 0 N–H and O–H groups in total. The van der Waals surface area contributed by atoms with Gasteiger partial charge in [0.15, 0.2) is 0 Å². The Bertz CT molecular complexity index is 266. The van der Waals surface area contributed by atoms with Gasteiger partial charge in [-0.1, -0.05) is 30.3 Å². The Hall–Kier alpha value is -0.570. The zero-order valence-corrected chi connectivity index (χ0v) is 10.1. The molecule has 1 atom stereocenters. The molecule has 15 heavy (non-hydrogen) atoms. The zero-order valence-electron chi connectivity index (χ0n) is 9.32. The van der Waals surface area contributed by atoms with Gasteiger partial charge in [-0.25, -0.2) is 4.42 Å². The Balaban J connectivity index is 2.42. The van der Waals surface area contributed by atoms with Gasteiger partial charge in [-0.05, 0) is 30.7 Å². The SMILES string of the molecule is COCCCN(Cl)C(C)c1ccccc1. The van der Waals surface area contributed by atoms with Crippen LogP contribution < -0.4 is 0 Å². The summed E-state index contributed by atoms with van der Waals surface area (Å²) in [5.41, 5.74) is 1.24. The highest BCUT2D eigenvalue weighted by Gasteiger charge is 2.12. The van der Waals surface area contributed by atoms with Crippen molar-refractivity contribution in [3.63, 3.8) is 0 Å². The fourth-order valence-corrected chi connectivity index (χ4v) is 1.68. The van der Waals surface area contributed by atoms with Gasteiger partial charge >= 0.3 is 0 Å². The highest BCUT2D eigenvalue weighted by atomic mass is 35.5. The molecular formula is C12H18ClNO. The second-order valence-corrected chi connectivity index (χ2v) is 3.99. The second kappa shape index (κ2) is 6.83. The molecule has 1 aromatic carbocycles. The number of methoxy groups -OCH3 is 1. The van der Waals surface area contributed by atoms with Crippen LogP contribution in [0.4, 0.5) is 0 Å². The summed E-state index contributed by atoms with van der Waals surface area (Å²) in [5, 5.41) is 0. The standard InChI is InChI=1S/C12H18ClNO/c1-11(12-7-4-3-5-8-12)14(13)9-6-10-15-2/h3-5,7-8,11H,6,9-10H2,1-2H3. The first-order chi connectivity index (χ1) is 7.25. The normalized spacial score (nSPS) is 13.1. The average Bonchev–Trinajstić information content (AvgIpc) is 2.29. The maximum absolute atomic E-state index is 6.18. The van der Waals surface area contributed by atoms with Gasteiger partial charge in [-0.3, -0.25) is 0 Å². The summed E-state index contributed by atoms with van der Waals surface area (Å²) in [7, 11) is 1.71. The minimum Gasteiger partial charge on any atom is -0.385 e. The maximum atomic E-state index is 6.18. The topological polar surface area (TPSA) is 12.5 Å². The summed E-state index contributed by atoms with van der Waals surface area (Å²) in [6.45, 7) is 3.70. The number of nitrogens with zero attached hydrogens (tertiary/aromatic N) is 1. The predicted octanol–water partition coefficient (Wildman–Crippen LogP) is 3.24. The minimum absolute atomic E-state index is 0.240. The molecule has 0 aromatic heterocycles. The van der Waals surface area contributed by atoms with Crippen molar-refractivity contribution in [1.29, 1.82) is 0 Å². The van der Waals surface area contributed by atoms with Crippen molar-refractivity contribution < 1.29 is 4.74 Å². The molecule has 1 unspecified atom stereocenters. The molecule has 2 nitrogen and oxygen atoms in total. The highest BCUT2D eigenvalue weighted by molar-refractivity contribution is 6.13. The van der Waals surface area contributed by atoms with Crippen LogP contribution in [0.2, 0.25) is 0 Å². The van der Waals surface area contributed by atoms with Crippen LogP contribution in [0.25, 0.3) is 0 Å². The Kier molecular flexibility index (Phi) is 5.69. The lowest BCUT2D eigenvalue weighted by atomic mass is 10.1. The minimum atomic E-state index is 0.240. The van der Waals surface area contributed by atoms with Gasteiger partial charge in [0.25, 0.3) is 0 Å². The van der Waals surface area contributed by atoms with Gasteiger partial charge in [0, 0.05) is 26.3 Å². The third-order valence-electron chi connectivity index (χ3n) is 2.42. The van der Waals surface area contributed by atoms with Gasteiger partial charge in [0.1, 0.15) is 0 Å². The lowest BCUT2D eigenvalue weighted by molar-refractivity contribution is 0.184. The smallest absolute Gasteiger partial charge is 0.0474 e. The first kappa shape index (κ1) is 12.5. The first-order valence-electron chi connectivity index (χ1n) is 5.22. The van der Waals surface area contributed by atoms with E-state index in [2.05, 4.69) is 19.1 Å². The molecule has 0 aliphatic carbocycles. The van der Waals surface area contributed by atoms with E-state index in [1.165, 1.54) is 5.56 Å². The number of hydrogen-bond donors (Lipinski definition) is 0. The van der Waals surface area contributed by atoms with E-state index in [-0.39, 0.29) is 6.04 Å². The highest BCUT2D eigenvalue weighted by Crippen LogP contribution is 2.21. The Morgan fingerprint density at radius 3 is 2.60 bits per heavy atom. The monoisotopic (exact) mass is 227 g/mol. The zero-order chi connectivity index (χ0) is 11.1. The number of halogens is 1. The third kappa shape index (κ3) is 4.20. The van der Waals surface area contributed by atoms with Crippen molar-refractivity contribution in [3.05, 3.63) is 35.9 Å². The molecule has 0 fully saturated rings. The van der Waals surface area contributed by atoms with E-state index in [4.69, 9.17) is 16.5 Å². The molecule has 84 valence electrons. The van der Waals surface area contributed by atoms with E-state index in [1.807, 2.05) is 22.6 Å². The van der Waals surface area contributed by atoms with Crippen LogP contribution in [0.15, 0.2) is 30.3 Å². The summed E-state index contributed by atoms with van der Waals surface area (Å²) in [6.07, 6.45) is 0.956. The Morgan fingerprint density at radius 2 is 2.00 bits per heavy atom. The van der Waals surface area contributed by atoms with E-state index in [0.717, 1.165) is 19.6 Å². The van der Waals surface area contributed by atoms with Crippen LogP contribution in [-0.4, -0.2) is 24.7 Å². The molecule has 1 aromatic rings. The van der Waals surface area contributed by atoms with Crippen LogP contribution in [0.1, 0.15) is 24.9 Å². The molecular weight excluding hydrogens is 210 g/mol. The Morgan fingerprint density at radius 1 is 1.33 bits per heavy atom. The molecule has 0 aliphatic rings. The summed E-state index contributed by atoms with van der Waals surface area (Å²) in [4.78, 5) is 0. The summed E-state index contributed by atoms with van der Waals surface area (Å²) < 4.78 is 6.82. The van der Waals surface area contributed by atoms with Crippen molar-refractivity contribution >= 4 is 11.8 Å². The number of rotatable bonds is 6. The van der Waals surface area contributed by atoms with Crippen LogP contribution in [0, 0.1) is 0 Å². The van der Waals surface area contributed by atoms with Gasteiger partial charge < -0.3 is 4.74 Å². The van der Waals surface area contributed by atoms with Crippen LogP contribution in [0.3, 0.4) is 0 Å². The Labute approximate surface area is 96.9 Å². The van der Waals surface area contributed by atoms with Crippen molar-refractivity contribution in [3.8, 4) is 0 Å². The molecule has 3 heteroatoms. The van der Waals surface area contributed by atoms with E-state index in [0.29, 0.717) is 0 Å². The van der Waals surface area contributed by atoms with E-state index in [9.17, 15) is 0 Å². The lowest BCUT2D eigenvalue weighted by Crippen LogP contribution is -2.19. The number of ether oxygens (including phenoxy) is 1. The molecule has 0 saturated heterocycles. The molecule has 0 aliphatic heterocycles. The average molecular weight is 228 g/mol. The predicted molar refractivity (Wildman–Crippen MR) is 63.9 cm³/mol. The van der Waals surface area contributed by atoms with E-state index in [1.54, 1.807) is 7.11 Å². The van der Waals surface area contributed by atoms with Gasteiger partial charge in [0.05, 0.1) is 0 Å². The summed E-state index contributed by atoms with van der Waals surface area (Å²) in [6, 6.07) is 10.5. The molecule has 0 amide bonds. The van der Waals surface area contributed by atoms with Crippen molar-refractivity contribution in [1.82, 2.24) is 4.42 Å². The third-order valence-corrected chi connectivity index (χ3v) is 2.88. The second-order valence-electron chi connectivity index (χ2n) is 3.56. The summed E-state index contributed by atoms with van der Waals surface area (Å²) in [5.74, 6) is 0. The molecule has 0 spiro atoms. The number of hydrogen-bond acceptors (Lipinski definition) is 2. The van der Waals surface area contributed by atoms with Crippen molar-refractivity contribution in [2.24, 2.45) is 0 Å². The van der Waals surface area contributed by atoms with Gasteiger partial charge in [-0.2, -0.15) is 0 Å².